The standard InChI is InChI=1S/C23H33N3O5S/c1-14-16(11-24-12-17(27)31-22(2,3)4)32-20-18(14)19(28)26(23(5)8-9-23)21(29)25(20)13-15-7-6-10-30-15/h15,24H,6-13H2,1-5H3/t15-/m0/s1. The summed E-state index contributed by atoms with van der Waals surface area (Å²) in [7, 11) is 0. The fourth-order valence-corrected chi connectivity index (χ4v) is 5.52. The van der Waals surface area contributed by atoms with E-state index in [9.17, 15) is 14.4 Å². The van der Waals surface area contributed by atoms with Gasteiger partial charge in [0.1, 0.15) is 10.4 Å². The third-order valence-electron chi connectivity index (χ3n) is 6.21. The average Bonchev–Trinajstić information content (AvgIpc) is 3.09. The Balaban J connectivity index is 1.68. The number of hydrogen-bond acceptors (Lipinski definition) is 7. The number of hydrogen-bond donors (Lipinski definition) is 1. The molecule has 2 aliphatic rings. The van der Waals surface area contributed by atoms with E-state index in [0.717, 1.165) is 36.1 Å². The van der Waals surface area contributed by atoms with Crippen LogP contribution in [0.4, 0.5) is 0 Å². The Morgan fingerprint density at radius 3 is 2.62 bits per heavy atom. The Labute approximate surface area is 191 Å². The number of rotatable bonds is 7. The molecule has 0 aromatic carbocycles. The quantitative estimate of drug-likeness (QED) is 0.635. The highest BCUT2D eigenvalue weighted by atomic mass is 32.1. The number of esters is 1. The van der Waals surface area contributed by atoms with Gasteiger partial charge in [0.2, 0.25) is 0 Å². The Kier molecular flexibility index (Phi) is 6.11. The summed E-state index contributed by atoms with van der Waals surface area (Å²) in [5.74, 6) is -0.324. The van der Waals surface area contributed by atoms with E-state index in [1.54, 1.807) is 4.57 Å². The molecule has 9 heteroatoms. The topological polar surface area (TPSA) is 91.6 Å². The number of fused-ring (bicyclic) bond motifs is 1. The Morgan fingerprint density at radius 1 is 1.31 bits per heavy atom. The van der Waals surface area contributed by atoms with E-state index in [4.69, 9.17) is 9.47 Å². The predicted molar refractivity (Wildman–Crippen MR) is 124 cm³/mol. The van der Waals surface area contributed by atoms with Gasteiger partial charge in [0.15, 0.2) is 0 Å². The number of ether oxygens (including phenoxy) is 2. The Hall–Kier alpha value is -1.97. The third kappa shape index (κ3) is 4.56. The van der Waals surface area contributed by atoms with Gasteiger partial charge < -0.3 is 14.8 Å². The summed E-state index contributed by atoms with van der Waals surface area (Å²) >= 11 is 1.45. The first kappa shape index (κ1) is 23.2. The molecule has 0 amide bonds. The number of aryl methyl sites for hydroxylation is 1. The molecule has 0 bridgehead atoms. The lowest BCUT2D eigenvalue weighted by Crippen LogP contribution is -2.45. The molecule has 2 fully saturated rings. The smallest absolute Gasteiger partial charge is 0.332 e. The zero-order valence-electron chi connectivity index (χ0n) is 19.6. The maximum Gasteiger partial charge on any atom is 0.332 e. The maximum absolute atomic E-state index is 13.4. The Bertz CT molecular complexity index is 1140. The third-order valence-corrected chi connectivity index (χ3v) is 7.52. The lowest BCUT2D eigenvalue weighted by Gasteiger charge is -2.19. The second kappa shape index (κ2) is 8.43. The number of carbonyl (C=O) groups is 1. The van der Waals surface area contributed by atoms with Crippen molar-refractivity contribution in [2.75, 3.05) is 13.2 Å². The van der Waals surface area contributed by atoms with Gasteiger partial charge >= 0.3 is 11.7 Å². The van der Waals surface area contributed by atoms with E-state index in [0.29, 0.717) is 29.9 Å². The van der Waals surface area contributed by atoms with Crippen molar-refractivity contribution in [3.63, 3.8) is 0 Å². The second-order valence-corrected chi connectivity index (χ2v) is 11.3. The van der Waals surface area contributed by atoms with Gasteiger partial charge in [-0.2, -0.15) is 0 Å². The van der Waals surface area contributed by atoms with Crippen molar-refractivity contribution in [3.8, 4) is 0 Å². The largest absolute Gasteiger partial charge is 0.459 e. The summed E-state index contributed by atoms with van der Waals surface area (Å²) in [6.07, 6.45) is 3.56. The summed E-state index contributed by atoms with van der Waals surface area (Å²) in [6, 6.07) is 0. The van der Waals surface area contributed by atoms with E-state index < -0.39 is 11.1 Å². The molecule has 2 aromatic heterocycles. The lowest BCUT2D eigenvalue weighted by molar-refractivity contribution is -0.153. The number of thiophene rings is 1. The van der Waals surface area contributed by atoms with Crippen LogP contribution in [0.1, 0.15) is 63.8 Å². The molecule has 176 valence electrons. The molecule has 1 saturated carbocycles. The van der Waals surface area contributed by atoms with Gasteiger partial charge in [0.05, 0.1) is 30.1 Å². The molecule has 1 aliphatic heterocycles. The lowest BCUT2D eigenvalue weighted by atomic mass is 10.2. The minimum absolute atomic E-state index is 0.00925. The molecule has 1 N–H and O–H groups in total. The fourth-order valence-electron chi connectivity index (χ4n) is 4.25. The van der Waals surface area contributed by atoms with E-state index in [-0.39, 0.29) is 29.9 Å². The molecule has 0 spiro atoms. The van der Waals surface area contributed by atoms with Crippen LogP contribution >= 0.6 is 11.3 Å². The van der Waals surface area contributed by atoms with Crippen LogP contribution in [0, 0.1) is 6.92 Å². The Morgan fingerprint density at radius 2 is 2.03 bits per heavy atom. The molecule has 8 nitrogen and oxygen atoms in total. The summed E-state index contributed by atoms with van der Waals surface area (Å²) in [6.45, 7) is 11.1. The zero-order chi connectivity index (χ0) is 23.3. The SMILES string of the molecule is Cc1c(CNCC(=O)OC(C)(C)C)sc2c1c(=O)n(C1(C)CC1)c(=O)n2C[C@@H]1CCCO1. The van der Waals surface area contributed by atoms with Crippen molar-refractivity contribution >= 4 is 27.5 Å². The molecule has 1 atom stereocenters. The normalized spacial score (nSPS) is 20.1. The molecule has 1 saturated heterocycles. The van der Waals surface area contributed by atoms with Crippen molar-refractivity contribution in [2.24, 2.45) is 0 Å². The number of aromatic nitrogens is 2. The number of carbonyl (C=O) groups excluding carboxylic acids is 1. The van der Waals surface area contributed by atoms with Crippen LogP contribution in [-0.4, -0.2) is 40.0 Å². The van der Waals surface area contributed by atoms with Crippen molar-refractivity contribution in [2.45, 2.75) is 90.6 Å². The first-order chi connectivity index (χ1) is 15.0. The molecule has 2 aromatic rings. The van der Waals surface area contributed by atoms with Crippen LogP contribution in [0.5, 0.6) is 0 Å². The molecule has 3 heterocycles. The first-order valence-electron chi connectivity index (χ1n) is 11.3. The fraction of sp³-hybridized carbons (Fsp3) is 0.696. The van der Waals surface area contributed by atoms with Crippen LogP contribution < -0.4 is 16.6 Å². The molecule has 0 unspecified atom stereocenters. The number of nitrogens with one attached hydrogen (secondary N) is 1. The zero-order valence-corrected chi connectivity index (χ0v) is 20.4. The molecule has 32 heavy (non-hydrogen) atoms. The van der Waals surface area contributed by atoms with Gasteiger partial charge in [0.25, 0.3) is 5.56 Å². The first-order valence-corrected chi connectivity index (χ1v) is 12.1. The summed E-state index contributed by atoms with van der Waals surface area (Å²) < 4.78 is 14.3. The van der Waals surface area contributed by atoms with Crippen molar-refractivity contribution in [3.05, 3.63) is 31.3 Å². The monoisotopic (exact) mass is 463 g/mol. The molecule has 4 rings (SSSR count). The van der Waals surface area contributed by atoms with Crippen molar-refractivity contribution in [1.29, 1.82) is 0 Å². The van der Waals surface area contributed by atoms with Gasteiger partial charge in [-0.05, 0) is 65.9 Å². The van der Waals surface area contributed by atoms with Crippen LogP contribution in [0.3, 0.4) is 0 Å². The highest BCUT2D eigenvalue weighted by Crippen LogP contribution is 2.41. The van der Waals surface area contributed by atoms with E-state index in [2.05, 4.69) is 5.32 Å². The summed E-state index contributed by atoms with van der Waals surface area (Å²) in [5, 5.41) is 3.73. The van der Waals surface area contributed by atoms with Crippen LogP contribution in [-0.2, 0) is 32.9 Å². The van der Waals surface area contributed by atoms with Gasteiger partial charge in [0, 0.05) is 18.0 Å². The van der Waals surface area contributed by atoms with Gasteiger partial charge in [-0.25, -0.2) is 4.79 Å². The van der Waals surface area contributed by atoms with Gasteiger partial charge in [-0.3, -0.25) is 18.7 Å². The summed E-state index contributed by atoms with van der Waals surface area (Å²) in [5.41, 5.74) is -0.516. The van der Waals surface area contributed by atoms with Crippen LogP contribution in [0.15, 0.2) is 9.59 Å². The van der Waals surface area contributed by atoms with E-state index >= 15 is 0 Å². The minimum atomic E-state index is -0.533. The molecular formula is C23H33N3O5S. The molecule has 1 aliphatic carbocycles. The predicted octanol–water partition coefficient (Wildman–Crippen LogP) is 2.65. The van der Waals surface area contributed by atoms with Crippen LogP contribution in [0.25, 0.3) is 10.2 Å². The van der Waals surface area contributed by atoms with Gasteiger partial charge in [-0.15, -0.1) is 11.3 Å². The van der Waals surface area contributed by atoms with Crippen molar-refractivity contribution < 1.29 is 14.3 Å². The minimum Gasteiger partial charge on any atom is -0.459 e. The average molecular weight is 464 g/mol. The van der Waals surface area contributed by atoms with E-state index in [1.165, 1.54) is 15.9 Å². The van der Waals surface area contributed by atoms with Gasteiger partial charge in [-0.1, -0.05) is 0 Å². The maximum atomic E-state index is 13.4. The van der Waals surface area contributed by atoms with Crippen LogP contribution in [0.2, 0.25) is 0 Å². The summed E-state index contributed by atoms with van der Waals surface area (Å²) in [4.78, 5) is 40.5. The molecule has 0 radical (unpaired) electrons. The van der Waals surface area contributed by atoms with E-state index in [1.807, 2.05) is 34.6 Å². The number of nitrogens with zero attached hydrogens (tertiary/aromatic N) is 2. The highest BCUT2D eigenvalue weighted by molar-refractivity contribution is 7.18. The second-order valence-electron chi connectivity index (χ2n) is 10.2. The van der Waals surface area contributed by atoms with Crippen molar-refractivity contribution in [1.82, 2.24) is 14.5 Å². The molecular weight excluding hydrogens is 430 g/mol. The highest BCUT2D eigenvalue weighted by Gasteiger charge is 2.43.